The molecule has 0 bridgehead atoms. The van der Waals surface area contributed by atoms with Gasteiger partial charge in [-0.05, 0) is 36.6 Å². The van der Waals surface area contributed by atoms with Crippen LogP contribution < -0.4 is 20.1 Å². The third kappa shape index (κ3) is 5.75. The number of carbonyl (C=O) groups is 3. The molecule has 2 amide bonds. The van der Waals surface area contributed by atoms with Gasteiger partial charge in [-0.2, -0.15) is 0 Å². The van der Waals surface area contributed by atoms with Crippen LogP contribution in [0.1, 0.15) is 23.7 Å². The highest BCUT2D eigenvalue weighted by atomic mass is 79.9. The number of methoxy groups -OCH3 is 2. The van der Waals surface area contributed by atoms with Crippen LogP contribution in [0.2, 0.25) is 0 Å². The summed E-state index contributed by atoms with van der Waals surface area (Å²) in [6.45, 7) is 1.49. The Morgan fingerprint density at radius 3 is 2.23 bits per heavy atom. The Balaban J connectivity index is 1.72. The Morgan fingerprint density at radius 1 is 1.03 bits per heavy atom. The van der Waals surface area contributed by atoms with E-state index < -0.39 is 18.5 Å². The molecule has 31 heavy (non-hydrogen) atoms. The number of benzene rings is 2. The van der Waals surface area contributed by atoms with Crippen molar-refractivity contribution in [1.29, 1.82) is 0 Å². The average Bonchev–Trinajstić information content (AvgIpc) is 3.50. The summed E-state index contributed by atoms with van der Waals surface area (Å²) in [5, 5.41) is 5.40. The van der Waals surface area contributed by atoms with Crippen LogP contribution in [0.25, 0.3) is 0 Å². The van der Waals surface area contributed by atoms with Crippen molar-refractivity contribution in [1.82, 2.24) is 0 Å². The monoisotopic (exact) mass is 490 g/mol. The fourth-order valence-corrected chi connectivity index (χ4v) is 3.27. The van der Waals surface area contributed by atoms with Crippen molar-refractivity contribution in [3.63, 3.8) is 0 Å². The minimum atomic E-state index is -0.772. The fraction of sp³-hybridized carbons (Fsp3) is 0.318. The van der Waals surface area contributed by atoms with Crippen LogP contribution in [0.3, 0.4) is 0 Å². The van der Waals surface area contributed by atoms with Gasteiger partial charge in [0.1, 0.15) is 0 Å². The number of esters is 1. The van der Waals surface area contributed by atoms with E-state index in [-0.39, 0.29) is 23.1 Å². The number of hydrogen-bond acceptors (Lipinski definition) is 6. The lowest BCUT2D eigenvalue weighted by molar-refractivity contribution is -0.119. The summed E-state index contributed by atoms with van der Waals surface area (Å²) in [6.07, 6.45) is 0.801. The van der Waals surface area contributed by atoms with Gasteiger partial charge in [0.25, 0.3) is 5.91 Å². The van der Waals surface area contributed by atoms with E-state index in [1.807, 2.05) is 6.92 Å². The van der Waals surface area contributed by atoms with Gasteiger partial charge in [-0.25, -0.2) is 4.79 Å². The first-order valence-corrected chi connectivity index (χ1v) is 10.4. The molecule has 0 heterocycles. The zero-order chi connectivity index (χ0) is 22.5. The van der Waals surface area contributed by atoms with Crippen molar-refractivity contribution >= 4 is 45.1 Å². The highest BCUT2D eigenvalue weighted by molar-refractivity contribution is 9.10. The van der Waals surface area contributed by atoms with E-state index in [0.29, 0.717) is 23.1 Å². The summed E-state index contributed by atoms with van der Waals surface area (Å²) in [4.78, 5) is 37.3. The molecule has 0 aromatic heterocycles. The van der Waals surface area contributed by atoms with Gasteiger partial charge in [0.2, 0.25) is 5.91 Å². The molecule has 1 saturated carbocycles. The van der Waals surface area contributed by atoms with Crippen LogP contribution in [-0.2, 0) is 14.3 Å². The largest absolute Gasteiger partial charge is 0.493 e. The molecule has 0 aliphatic heterocycles. The average molecular weight is 491 g/mol. The highest BCUT2D eigenvalue weighted by Crippen LogP contribution is 2.40. The molecule has 0 saturated heterocycles. The molecule has 0 spiro atoms. The van der Waals surface area contributed by atoms with Crippen molar-refractivity contribution in [2.75, 3.05) is 31.5 Å². The van der Waals surface area contributed by atoms with E-state index in [0.717, 1.165) is 10.9 Å². The molecule has 1 fully saturated rings. The van der Waals surface area contributed by atoms with Crippen molar-refractivity contribution in [2.24, 2.45) is 11.8 Å². The molecule has 3 rings (SSSR count). The predicted molar refractivity (Wildman–Crippen MR) is 119 cm³/mol. The van der Waals surface area contributed by atoms with Gasteiger partial charge in [0.05, 0.1) is 25.5 Å². The summed E-state index contributed by atoms with van der Waals surface area (Å²) in [5.41, 5.74) is 0.873. The van der Waals surface area contributed by atoms with Crippen molar-refractivity contribution in [3.8, 4) is 11.5 Å². The van der Waals surface area contributed by atoms with Gasteiger partial charge in [-0.1, -0.05) is 22.9 Å². The lowest BCUT2D eigenvalue weighted by Gasteiger charge is -2.15. The first-order chi connectivity index (χ1) is 14.8. The Hall–Kier alpha value is -3.07. The maximum Gasteiger partial charge on any atom is 0.340 e. The van der Waals surface area contributed by atoms with E-state index in [1.54, 1.807) is 24.3 Å². The SMILES string of the molecule is COc1cc(NC(=O)C2CC2C)c(C(=O)OCC(=O)Nc2ccc(Br)cc2)cc1OC. The third-order valence-corrected chi connectivity index (χ3v) is 5.44. The highest BCUT2D eigenvalue weighted by Gasteiger charge is 2.39. The standard InChI is InChI=1S/C22H23BrN2O6/c1-12-8-15(12)21(27)25-17-10-19(30-3)18(29-2)9-16(17)22(28)31-11-20(26)24-14-6-4-13(23)5-7-14/h4-7,9-10,12,15H,8,11H2,1-3H3,(H,24,26)(H,25,27). The van der Waals surface area contributed by atoms with E-state index in [1.165, 1.54) is 26.4 Å². The van der Waals surface area contributed by atoms with Crippen LogP contribution >= 0.6 is 15.9 Å². The first-order valence-electron chi connectivity index (χ1n) is 9.61. The summed E-state index contributed by atoms with van der Waals surface area (Å²) in [6, 6.07) is 9.90. The van der Waals surface area contributed by atoms with Gasteiger partial charge >= 0.3 is 5.97 Å². The topological polar surface area (TPSA) is 103 Å². The number of rotatable bonds is 8. The second-order valence-electron chi connectivity index (χ2n) is 7.19. The van der Waals surface area contributed by atoms with Gasteiger partial charge in [-0.15, -0.1) is 0 Å². The van der Waals surface area contributed by atoms with Gasteiger partial charge in [-0.3, -0.25) is 9.59 Å². The number of carbonyl (C=O) groups excluding carboxylic acids is 3. The smallest absolute Gasteiger partial charge is 0.340 e. The minimum absolute atomic E-state index is 0.0655. The lowest BCUT2D eigenvalue weighted by atomic mass is 10.1. The lowest BCUT2D eigenvalue weighted by Crippen LogP contribution is -2.22. The number of anilines is 2. The molecule has 2 aromatic rings. The normalized spacial score (nSPS) is 16.8. The van der Waals surface area contributed by atoms with Gasteiger partial charge in [0.15, 0.2) is 18.1 Å². The second kappa shape index (κ2) is 9.82. The van der Waals surface area contributed by atoms with Crippen molar-refractivity contribution < 1.29 is 28.6 Å². The fourth-order valence-electron chi connectivity index (χ4n) is 3.00. The molecule has 8 nitrogen and oxygen atoms in total. The molecule has 9 heteroatoms. The molecular weight excluding hydrogens is 468 g/mol. The second-order valence-corrected chi connectivity index (χ2v) is 8.11. The van der Waals surface area contributed by atoms with Crippen LogP contribution in [0.4, 0.5) is 11.4 Å². The van der Waals surface area contributed by atoms with E-state index in [9.17, 15) is 14.4 Å². The van der Waals surface area contributed by atoms with Crippen LogP contribution in [0, 0.1) is 11.8 Å². The predicted octanol–water partition coefficient (Wildman–Crippen LogP) is 3.86. The molecule has 164 valence electrons. The van der Waals surface area contributed by atoms with Crippen LogP contribution in [-0.4, -0.2) is 38.6 Å². The zero-order valence-corrected chi connectivity index (χ0v) is 18.9. The van der Waals surface area contributed by atoms with E-state index >= 15 is 0 Å². The van der Waals surface area contributed by atoms with Gasteiger partial charge in [0, 0.05) is 28.2 Å². The Labute approximate surface area is 188 Å². The van der Waals surface area contributed by atoms with Crippen molar-refractivity contribution in [3.05, 3.63) is 46.4 Å². The summed E-state index contributed by atoms with van der Waals surface area (Å²) in [7, 11) is 2.89. The molecule has 2 N–H and O–H groups in total. The molecule has 2 atom stereocenters. The molecule has 1 aliphatic carbocycles. The third-order valence-electron chi connectivity index (χ3n) is 4.91. The van der Waals surface area contributed by atoms with Crippen LogP contribution in [0.15, 0.2) is 40.9 Å². The number of halogens is 1. The number of ether oxygens (including phenoxy) is 3. The van der Waals surface area contributed by atoms with Crippen molar-refractivity contribution in [2.45, 2.75) is 13.3 Å². The Bertz CT molecular complexity index is 992. The summed E-state index contributed by atoms with van der Waals surface area (Å²) >= 11 is 3.32. The Kier molecular flexibility index (Phi) is 7.17. The number of amides is 2. The van der Waals surface area contributed by atoms with E-state index in [2.05, 4.69) is 26.6 Å². The van der Waals surface area contributed by atoms with E-state index in [4.69, 9.17) is 14.2 Å². The number of hydrogen-bond donors (Lipinski definition) is 2. The number of nitrogens with one attached hydrogen (secondary N) is 2. The van der Waals surface area contributed by atoms with Gasteiger partial charge < -0.3 is 24.8 Å². The molecular formula is C22H23BrN2O6. The minimum Gasteiger partial charge on any atom is -0.493 e. The molecule has 2 aromatic carbocycles. The summed E-state index contributed by atoms with van der Waals surface area (Å²) in [5.74, 6) is -0.578. The Morgan fingerprint density at radius 2 is 1.65 bits per heavy atom. The summed E-state index contributed by atoms with van der Waals surface area (Å²) < 4.78 is 16.6. The molecule has 2 unspecified atom stereocenters. The quantitative estimate of drug-likeness (QED) is 0.544. The maximum atomic E-state index is 12.7. The van der Waals surface area contributed by atoms with Crippen LogP contribution in [0.5, 0.6) is 11.5 Å². The molecule has 1 aliphatic rings. The molecule has 0 radical (unpaired) electrons. The maximum absolute atomic E-state index is 12.7. The zero-order valence-electron chi connectivity index (χ0n) is 17.4. The first kappa shape index (κ1) is 22.6.